The molecule has 1 unspecified atom stereocenters. The summed E-state index contributed by atoms with van der Waals surface area (Å²) in [5.41, 5.74) is 8.27. The Morgan fingerprint density at radius 1 is 0.907 bits per heavy atom. The van der Waals surface area contributed by atoms with Crippen LogP contribution in [0.25, 0.3) is 0 Å². The second-order valence-corrected chi connectivity index (χ2v) is 13.1. The largest absolute Gasteiger partial charge is 0.524 e. The minimum Gasteiger partial charge on any atom is -0.508 e. The molecule has 3 aromatic carbocycles. The maximum Gasteiger partial charge on any atom is 0.524 e. The van der Waals surface area contributed by atoms with Crippen molar-refractivity contribution >= 4 is 13.8 Å². The number of benzene rings is 3. The van der Waals surface area contributed by atoms with E-state index >= 15 is 0 Å². The smallest absolute Gasteiger partial charge is 0.508 e. The van der Waals surface area contributed by atoms with E-state index in [1.54, 1.807) is 51.1 Å². The molecule has 11 heteroatoms. The van der Waals surface area contributed by atoms with E-state index in [1.165, 1.54) is 0 Å². The Hall–Kier alpha value is -3.24. The van der Waals surface area contributed by atoms with Crippen molar-refractivity contribution in [2.24, 2.45) is 5.73 Å². The van der Waals surface area contributed by atoms with Gasteiger partial charge in [-0.05, 0) is 85.2 Å². The van der Waals surface area contributed by atoms with Gasteiger partial charge >= 0.3 is 13.8 Å². The number of ether oxygens (including phenoxy) is 1. The lowest BCUT2D eigenvalue weighted by molar-refractivity contribution is 0.0244. The number of aliphatic hydroxyl groups is 2. The van der Waals surface area contributed by atoms with Crippen molar-refractivity contribution in [1.29, 1.82) is 0 Å². The van der Waals surface area contributed by atoms with Gasteiger partial charge in [-0.1, -0.05) is 45.9 Å². The molecule has 1 heterocycles. The summed E-state index contributed by atoms with van der Waals surface area (Å²) < 4.78 is 23.0. The van der Waals surface area contributed by atoms with Crippen LogP contribution in [-0.2, 0) is 14.9 Å². The van der Waals surface area contributed by atoms with E-state index in [2.05, 4.69) is 0 Å². The number of carbonyl (C=O) groups is 1. The molecule has 0 bridgehead atoms. The molecule has 0 amide bonds. The molecule has 0 fully saturated rings. The molecule has 10 nitrogen and oxygen atoms in total. The molecule has 0 saturated carbocycles. The summed E-state index contributed by atoms with van der Waals surface area (Å²) in [6.45, 7) is 12.6. The summed E-state index contributed by atoms with van der Waals surface area (Å²) in [6.07, 6.45) is 0. The van der Waals surface area contributed by atoms with Crippen molar-refractivity contribution < 1.29 is 43.7 Å². The molecular weight excluding hydrogens is 573 g/mol. The third-order valence-electron chi connectivity index (χ3n) is 7.43. The van der Waals surface area contributed by atoms with Gasteiger partial charge in [0.05, 0.1) is 24.3 Å². The third kappa shape index (κ3) is 7.12. The monoisotopic (exact) mass is 615 g/mol. The first-order valence-corrected chi connectivity index (χ1v) is 15.5. The molecule has 1 atom stereocenters. The van der Waals surface area contributed by atoms with Gasteiger partial charge in [0, 0.05) is 16.7 Å². The van der Waals surface area contributed by atoms with Crippen LogP contribution in [0.4, 0.5) is 0 Å². The second kappa shape index (κ2) is 12.8. The van der Waals surface area contributed by atoms with Gasteiger partial charge in [-0.25, -0.2) is 9.36 Å². The molecule has 0 radical (unpaired) electrons. The average Bonchev–Trinajstić information content (AvgIpc) is 3.23. The quantitative estimate of drug-likeness (QED) is 0.151. The van der Waals surface area contributed by atoms with E-state index in [0.717, 1.165) is 11.1 Å². The Balaban J connectivity index is 0.000000646. The lowest BCUT2D eigenvalue weighted by Crippen LogP contribution is -2.43. The van der Waals surface area contributed by atoms with Crippen molar-refractivity contribution in [1.82, 2.24) is 0 Å². The molecule has 1 aliphatic rings. The zero-order chi connectivity index (χ0) is 32.5. The number of cyclic esters (lactones) is 1. The number of fused-ring (bicyclic) bond motifs is 1. The lowest BCUT2D eigenvalue weighted by atomic mass is 9.72. The van der Waals surface area contributed by atoms with Crippen molar-refractivity contribution in [3.05, 3.63) is 93.0 Å². The summed E-state index contributed by atoms with van der Waals surface area (Å²) >= 11 is 0. The Kier molecular flexibility index (Phi) is 10.2. The van der Waals surface area contributed by atoms with Gasteiger partial charge in [0.15, 0.2) is 5.60 Å². The highest BCUT2D eigenvalue weighted by molar-refractivity contribution is 7.46. The van der Waals surface area contributed by atoms with E-state index in [-0.39, 0.29) is 36.5 Å². The molecule has 0 spiro atoms. The Labute approximate surface area is 252 Å². The number of aryl methyl sites for hydroxylation is 2. The molecule has 4 rings (SSSR count). The third-order valence-corrected chi connectivity index (χ3v) is 7.86. The summed E-state index contributed by atoms with van der Waals surface area (Å²) in [5.74, 6) is -0.358. The summed E-state index contributed by atoms with van der Waals surface area (Å²) in [6, 6.07) is 14.2. The van der Waals surface area contributed by atoms with Crippen LogP contribution in [-0.4, -0.2) is 49.8 Å². The van der Waals surface area contributed by atoms with E-state index in [4.69, 9.17) is 25.2 Å². The molecule has 43 heavy (non-hydrogen) atoms. The number of phenolic OH excluding ortho intramolecular Hbond substituents is 1. The van der Waals surface area contributed by atoms with Crippen LogP contribution in [0, 0.1) is 13.8 Å². The van der Waals surface area contributed by atoms with Crippen LogP contribution in [0.2, 0.25) is 0 Å². The number of hydrogen-bond acceptors (Lipinski definition) is 8. The summed E-state index contributed by atoms with van der Waals surface area (Å²) in [4.78, 5) is 32.2. The molecule has 1 aliphatic heterocycles. The predicted octanol–water partition coefficient (Wildman–Crippen LogP) is 4.88. The topological polar surface area (TPSA) is 180 Å². The van der Waals surface area contributed by atoms with Crippen molar-refractivity contribution in [3.63, 3.8) is 0 Å². The highest BCUT2D eigenvalue weighted by atomic mass is 31.2. The second-order valence-electron chi connectivity index (χ2n) is 11.9. The SMILES string of the molecule is CC(N)(CO)CO.Cc1cc(C2(c3cc(C)c(OP(=O)(O)O)cc3C(C)C)OC(=O)c3ccccc32)c(C(C)C)cc1O. The zero-order valence-electron chi connectivity index (χ0n) is 25.6. The number of phosphoric ester groups is 1. The fraction of sp³-hybridized carbons (Fsp3) is 0.406. The first-order valence-electron chi connectivity index (χ1n) is 14.0. The van der Waals surface area contributed by atoms with E-state index in [1.807, 2.05) is 45.9 Å². The minimum atomic E-state index is -4.79. The Bertz CT molecular complexity index is 1540. The number of phosphoric acid groups is 1. The number of aliphatic hydroxyl groups excluding tert-OH is 2. The number of hydrogen-bond donors (Lipinski definition) is 6. The number of aromatic hydroxyl groups is 1. The van der Waals surface area contributed by atoms with Crippen molar-refractivity contribution in [2.75, 3.05) is 13.2 Å². The van der Waals surface area contributed by atoms with Gasteiger partial charge in [-0.3, -0.25) is 9.79 Å². The van der Waals surface area contributed by atoms with Crippen LogP contribution < -0.4 is 10.3 Å². The standard InChI is InChI=1S/C28H31O7P.C4H11NO2/c1-15(2)20-13-25(29)17(5)11-23(20)28(22-10-8-7-9-19(22)27(30)34-28)24-12-18(6)26(35-36(31,32)33)14-21(24)16(3)4;1-4(5,2-6)3-7/h7-16,29H,1-6H3,(H2,31,32,33);6-7H,2-3,5H2,1H3. The van der Waals surface area contributed by atoms with Crippen LogP contribution in [0.15, 0.2) is 48.5 Å². The summed E-state index contributed by atoms with van der Waals surface area (Å²) in [7, 11) is -4.79. The molecule has 0 aliphatic carbocycles. The summed E-state index contributed by atoms with van der Waals surface area (Å²) in [5, 5.41) is 27.2. The Morgan fingerprint density at radius 2 is 1.42 bits per heavy atom. The van der Waals surface area contributed by atoms with Gasteiger partial charge < -0.3 is 30.3 Å². The molecule has 7 N–H and O–H groups in total. The fourth-order valence-electron chi connectivity index (χ4n) is 5.02. The molecule has 0 aromatic heterocycles. The molecule has 234 valence electrons. The average molecular weight is 616 g/mol. The highest BCUT2D eigenvalue weighted by Crippen LogP contribution is 2.53. The number of nitrogens with two attached hydrogens (primary N) is 1. The normalized spacial score (nSPS) is 16.6. The van der Waals surface area contributed by atoms with Gasteiger partial charge in [-0.15, -0.1) is 0 Å². The van der Waals surface area contributed by atoms with E-state index in [0.29, 0.717) is 33.4 Å². The van der Waals surface area contributed by atoms with Crippen LogP contribution in [0.1, 0.15) is 95.8 Å². The van der Waals surface area contributed by atoms with Crippen LogP contribution >= 0.6 is 7.82 Å². The first-order chi connectivity index (χ1) is 19.9. The van der Waals surface area contributed by atoms with Gasteiger partial charge in [0.25, 0.3) is 0 Å². The zero-order valence-corrected chi connectivity index (χ0v) is 26.5. The van der Waals surface area contributed by atoms with Gasteiger partial charge in [-0.2, -0.15) is 0 Å². The number of rotatable bonds is 8. The fourth-order valence-corrected chi connectivity index (χ4v) is 5.47. The number of phenols is 1. The maximum atomic E-state index is 13.3. The van der Waals surface area contributed by atoms with Crippen LogP contribution in [0.3, 0.4) is 0 Å². The molecular formula is C32H42NO9P. The number of esters is 1. The highest BCUT2D eigenvalue weighted by Gasteiger charge is 2.51. The van der Waals surface area contributed by atoms with Crippen molar-refractivity contribution in [2.45, 2.75) is 71.4 Å². The Morgan fingerprint density at radius 3 is 1.91 bits per heavy atom. The first kappa shape index (κ1) is 34.3. The van der Waals surface area contributed by atoms with E-state index < -0.39 is 24.9 Å². The predicted molar refractivity (Wildman–Crippen MR) is 163 cm³/mol. The minimum absolute atomic E-state index is 0.00398. The van der Waals surface area contributed by atoms with Crippen molar-refractivity contribution in [3.8, 4) is 11.5 Å². The maximum absolute atomic E-state index is 13.3. The van der Waals surface area contributed by atoms with Crippen LogP contribution in [0.5, 0.6) is 11.5 Å². The van der Waals surface area contributed by atoms with Gasteiger partial charge in [0.2, 0.25) is 0 Å². The van der Waals surface area contributed by atoms with Gasteiger partial charge in [0.1, 0.15) is 11.5 Å². The molecule has 0 saturated heterocycles. The molecule has 3 aromatic rings. The number of carbonyl (C=O) groups excluding carboxylic acids is 1. The van der Waals surface area contributed by atoms with E-state index in [9.17, 15) is 24.3 Å². The lowest BCUT2D eigenvalue weighted by Gasteiger charge is -2.36.